The molecular formula is C18H13ClN2O3. The summed E-state index contributed by atoms with van der Waals surface area (Å²) in [5, 5.41) is 14.1. The van der Waals surface area contributed by atoms with Gasteiger partial charge in [-0.3, -0.25) is 4.79 Å². The van der Waals surface area contributed by atoms with Crippen LogP contribution in [0.5, 0.6) is 5.75 Å². The van der Waals surface area contributed by atoms with E-state index < -0.39 is 5.91 Å². The van der Waals surface area contributed by atoms with E-state index in [1.165, 1.54) is 18.3 Å². The first-order valence-electron chi connectivity index (χ1n) is 7.10. The molecule has 0 atom stereocenters. The number of nitrogens with zero attached hydrogens (tertiary/aromatic N) is 1. The van der Waals surface area contributed by atoms with Crippen molar-refractivity contribution >= 4 is 23.7 Å². The number of rotatable bonds is 4. The lowest BCUT2D eigenvalue weighted by Gasteiger charge is -2.01. The summed E-state index contributed by atoms with van der Waals surface area (Å²) in [6.07, 6.45) is 1.38. The Morgan fingerprint density at radius 2 is 1.96 bits per heavy atom. The summed E-state index contributed by atoms with van der Waals surface area (Å²) < 4.78 is 5.63. The van der Waals surface area contributed by atoms with Crippen molar-refractivity contribution in [2.45, 2.75) is 0 Å². The third-order valence-electron chi connectivity index (χ3n) is 3.24. The van der Waals surface area contributed by atoms with Gasteiger partial charge in [-0.2, -0.15) is 5.10 Å². The Morgan fingerprint density at radius 1 is 1.12 bits per heavy atom. The van der Waals surface area contributed by atoms with Crippen LogP contribution in [0.3, 0.4) is 0 Å². The van der Waals surface area contributed by atoms with E-state index in [9.17, 15) is 9.90 Å². The number of halogens is 1. The van der Waals surface area contributed by atoms with Crippen LogP contribution in [-0.2, 0) is 0 Å². The molecule has 1 heterocycles. The van der Waals surface area contributed by atoms with E-state index in [1.807, 2.05) is 12.1 Å². The highest BCUT2D eigenvalue weighted by Crippen LogP contribution is 2.24. The Balaban J connectivity index is 1.68. The van der Waals surface area contributed by atoms with Crippen LogP contribution >= 0.6 is 11.6 Å². The van der Waals surface area contributed by atoms with E-state index in [1.54, 1.807) is 36.4 Å². The number of para-hydroxylation sites is 1. The van der Waals surface area contributed by atoms with Gasteiger partial charge in [-0.25, -0.2) is 5.43 Å². The molecule has 1 aromatic heterocycles. The number of carbonyl (C=O) groups excluding carboxylic acids is 1. The highest BCUT2D eigenvalue weighted by molar-refractivity contribution is 6.30. The molecule has 1 amide bonds. The first-order chi connectivity index (χ1) is 11.6. The molecule has 0 saturated heterocycles. The standard InChI is InChI=1S/C18H13ClN2O3/c19-13-5-3-4-12(10-13)17-9-8-14(24-17)11-20-21-18(23)15-6-1-2-7-16(15)22/h1-11,22H,(H,21,23). The Labute approximate surface area is 143 Å². The molecule has 3 aromatic rings. The number of phenolic OH excluding ortho intramolecular Hbond substituents is 1. The molecule has 0 aliphatic rings. The first kappa shape index (κ1) is 15.8. The van der Waals surface area contributed by atoms with Gasteiger partial charge in [0.15, 0.2) is 0 Å². The molecule has 3 rings (SSSR count). The molecule has 5 nitrogen and oxygen atoms in total. The molecule has 0 unspecified atom stereocenters. The first-order valence-corrected chi connectivity index (χ1v) is 7.48. The number of benzene rings is 2. The summed E-state index contributed by atoms with van der Waals surface area (Å²) in [4.78, 5) is 11.9. The van der Waals surface area contributed by atoms with Crippen LogP contribution in [0.2, 0.25) is 5.02 Å². The molecule has 0 bridgehead atoms. The lowest BCUT2D eigenvalue weighted by molar-refractivity contribution is 0.0952. The van der Waals surface area contributed by atoms with Gasteiger partial charge >= 0.3 is 0 Å². The van der Waals surface area contributed by atoms with Crippen molar-refractivity contribution in [3.8, 4) is 17.1 Å². The molecule has 0 aliphatic carbocycles. The summed E-state index contributed by atoms with van der Waals surface area (Å²) in [7, 11) is 0. The summed E-state index contributed by atoms with van der Waals surface area (Å²) in [5.74, 6) is 0.506. The summed E-state index contributed by atoms with van der Waals surface area (Å²) in [6.45, 7) is 0. The molecule has 0 spiro atoms. The molecule has 6 heteroatoms. The molecule has 2 N–H and O–H groups in total. The van der Waals surface area contributed by atoms with Crippen LogP contribution in [0.15, 0.2) is 70.2 Å². The normalized spacial score (nSPS) is 10.9. The van der Waals surface area contributed by atoms with E-state index in [4.69, 9.17) is 16.0 Å². The fourth-order valence-corrected chi connectivity index (χ4v) is 2.29. The van der Waals surface area contributed by atoms with E-state index in [0.717, 1.165) is 5.56 Å². The Bertz CT molecular complexity index is 903. The number of amides is 1. The zero-order valence-corrected chi connectivity index (χ0v) is 13.2. The third-order valence-corrected chi connectivity index (χ3v) is 3.48. The van der Waals surface area contributed by atoms with Gasteiger partial charge in [-0.1, -0.05) is 35.9 Å². The van der Waals surface area contributed by atoms with Gasteiger partial charge in [-0.05, 0) is 36.4 Å². The Kier molecular flexibility index (Phi) is 4.63. The number of carbonyl (C=O) groups is 1. The highest BCUT2D eigenvalue weighted by atomic mass is 35.5. The average molecular weight is 341 g/mol. The summed E-state index contributed by atoms with van der Waals surface area (Å²) in [5.41, 5.74) is 3.33. The van der Waals surface area contributed by atoms with E-state index >= 15 is 0 Å². The van der Waals surface area contributed by atoms with Crippen LogP contribution in [0.1, 0.15) is 16.1 Å². The van der Waals surface area contributed by atoms with Gasteiger partial charge < -0.3 is 9.52 Å². The second-order valence-electron chi connectivity index (χ2n) is 4.93. The topological polar surface area (TPSA) is 74.8 Å². The van der Waals surface area contributed by atoms with Gasteiger partial charge in [0.05, 0.1) is 11.8 Å². The quantitative estimate of drug-likeness (QED) is 0.555. The lowest BCUT2D eigenvalue weighted by Crippen LogP contribution is -2.17. The van der Waals surface area contributed by atoms with Crippen molar-refractivity contribution in [3.05, 3.63) is 77.0 Å². The van der Waals surface area contributed by atoms with Gasteiger partial charge in [-0.15, -0.1) is 0 Å². The van der Waals surface area contributed by atoms with Crippen molar-refractivity contribution < 1.29 is 14.3 Å². The van der Waals surface area contributed by atoms with Crippen LogP contribution in [-0.4, -0.2) is 17.2 Å². The molecule has 0 aliphatic heterocycles. The maximum Gasteiger partial charge on any atom is 0.275 e. The van der Waals surface area contributed by atoms with Gasteiger partial charge in [0, 0.05) is 10.6 Å². The Hall–Kier alpha value is -3.05. The highest BCUT2D eigenvalue weighted by Gasteiger charge is 2.09. The molecule has 0 radical (unpaired) electrons. The zero-order valence-electron chi connectivity index (χ0n) is 12.4. The monoisotopic (exact) mass is 340 g/mol. The minimum Gasteiger partial charge on any atom is -0.507 e. The van der Waals surface area contributed by atoms with Gasteiger partial charge in [0.25, 0.3) is 5.91 Å². The van der Waals surface area contributed by atoms with Crippen molar-refractivity contribution in [3.63, 3.8) is 0 Å². The zero-order chi connectivity index (χ0) is 16.9. The smallest absolute Gasteiger partial charge is 0.275 e. The number of hydrogen-bond acceptors (Lipinski definition) is 4. The SMILES string of the molecule is O=C(NN=Cc1ccc(-c2cccc(Cl)c2)o1)c1ccccc1O. The number of furan rings is 1. The predicted molar refractivity (Wildman–Crippen MR) is 92.3 cm³/mol. The third kappa shape index (κ3) is 3.64. The second kappa shape index (κ2) is 7.02. The predicted octanol–water partition coefficient (Wildman–Crippen LogP) is 4.07. The van der Waals surface area contributed by atoms with Crippen molar-refractivity contribution in [1.82, 2.24) is 5.43 Å². The molecular weight excluding hydrogens is 328 g/mol. The number of nitrogens with one attached hydrogen (secondary N) is 1. The lowest BCUT2D eigenvalue weighted by atomic mass is 10.2. The number of hydrogen-bond donors (Lipinski definition) is 2. The molecule has 24 heavy (non-hydrogen) atoms. The van der Waals surface area contributed by atoms with E-state index in [0.29, 0.717) is 16.5 Å². The van der Waals surface area contributed by atoms with Crippen LogP contribution < -0.4 is 5.43 Å². The molecule has 0 fully saturated rings. The second-order valence-corrected chi connectivity index (χ2v) is 5.37. The maximum absolute atomic E-state index is 11.9. The number of phenols is 1. The largest absolute Gasteiger partial charge is 0.507 e. The van der Waals surface area contributed by atoms with Crippen LogP contribution in [0.4, 0.5) is 0 Å². The fourth-order valence-electron chi connectivity index (χ4n) is 2.10. The maximum atomic E-state index is 11.9. The average Bonchev–Trinajstić information content (AvgIpc) is 3.04. The minimum atomic E-state index is -0.508. The summed E-state index contributed by atoms with van der Waals surface area (Å²) >= 11 is 5.96. The molecule has 0 saturated carbocycles. The van der Waals surface area contributed by atoms with E-state index in [2.05, 4.69) is 10.5 Å². The van der Waals surface area contributed by atoms with Crippen LogP contribution in [0.25, 0.3) is 11.3 Å². The van der Waals surface area contributed by atoms with Gasteiger partial charge in [0.2, 0.25) is 0 Å². The summed E-state index contributed by atoms with van der Waals surface area (Å²) in [6, 6.07) is 17.0. The number of aromatic hydroxyl groups is 1. The number of hydrazone groups is 1. The molecule has 2 aromatic carbocycles. The molecule has 120 valence electrons. The Morgan fingerprint density at radius 3 is 2.75 bits per heavy atom. The van der Waals surface area contributed by atoms with Gasteiger partial charge in [0.1, 0.15) is 17.3 Å². The van der Waals surface area contributed by atoms with Crippen molar-refractivity contribution in [2.75, 3.05) is 0 Å². The minimum absolute atomic E-state index is 0.105. The van der Waals surface area contributed by atoms with Crippen molar-refractivity contribution in [2.24, 2.45) is 5.10 Å². The van der Waals surface area contributed by atoms with E-state index in [-0.39, 0.29) is 11.3 Å². The fraction of sp³-hybridized carbons (Fsp3) is 0. The van der Waals surface area contributed by atoms with Crippen molar-refractivity contribution in [1.29, 1.82) is 0 Å². The van der Waals surface area contributed by atoms with Crippen LogP contribution in [0, 0.1) is 0 Å².